The smallest absolute Gasteiger partial charge is 0.148 e. The second-order valence-electron chi connectivity index (χ2n) is 3.56. The molecule has 2 heterocycles. The van der Waals surface area contributed by atoms with Crippen LogP contribution in [-0.2, 0) is 11.3 Å². The maximum absolute atomic E-state index is 6.13. The van der Waals surface area contributed by atoms with Crippen molar-refractivity contribution in [3.63, 3.8) is 0 Å². The van der Waals surface area contributed by atoms with Crippen molar-refractivity contribution in [3.05, 3.63) is 29.1 Å². The molecule has 1 atom stereocenters. The van der Waals surface area contributed by atoms with Crippen LogP contribution in [-0.4, -0.2) is 38.7 Å². The highest BCUT2D eigenvalue weighted by Gasteiger charge is 2.23. The molecule has 0 aliphatic rings. The molecule has 1 unspecified atom stereocenters. The number of aromatic amines is 1. The Labute approximate surface area is 108 Å². The summed E-state index contributed by atoms with van der Waals surface area (Å²) in [6, 6.07) is -0.403. The number of ether oxygens (including phenoxy) is 1. The van der Waals surface area contributed by atoms with E-state index in [-0.39, 0.29) is 0 Å². The second kappa shape index (κ2) is 5.91. The van der Waals surface area contributed by atoms with Crippen LogP contribution in [0.25, 0.3) is 0 Å². The molecule has 9 heteroatoms. The van der Waals surface area contributed by atoms with E-state index in [1.807, 2.05) is 0 Å². The van der Waals surface area contributed by atoms with E-state index in [1.54, 1.807) is 18.0 Å². The summed E-state index contributed by atoms with van der Waals surface area (Å²) in [5, 5.41) is 11.2. The Bertz CT molecular complexity index is 483. The lowest BCUT2D eigenvalue weighted by Gasteiger charge is -2.15. The van der Waals surface area contributed by atoms with Crippen LogP contribution < -0.4 is 11.3 Å². The molecule has 0 radical (unpaired) electrons. The fourth-order valence-corrected chi connectivity index (χ4v) is 1.91. The van der Waals surface area contributed by atoms with E-state index in [0.717, 1.165) is 0 Å². The van der Waals surface area contributed by atoms with Crippen molar-refractivity contribution < 1.29 is 4.74 Å². The lowest BCUT2D eigenvalue weighted by molar-refractivity contribution is 0.182. The van der Waals surface area contributed by atoms with Gasteiger partial charge in [0, 0.05) is 7.11 Å². The zero-order valence-electron chi connectivity index (χ0n) is 9.80. The van der Waals surface area contributed by atoms with Crippen LogP contribution in [0.15, 0.2) is 12.5 Å². The molecular formula is C9H14ClN7O. The van der Waals surface area contributed by atoms with Crippen LogP contribution in [0.3, 0.4) is 0 Å². The predicted molar refractivity (Wildman–Crippen MR) is 64.7 cm³/mol. The highest BCUT2D eigenvalue weighted by molar-refractivity contribution is 6.31. The standard InChI is InChI=1S/C9H14ClN7O/c1-18-3-2-17-8(6(10)4-14-17)7(15-11)9-12-5-13-16-9/h4-5,7,15H,2-3,11H2,1H3,(H,12,13,16). The predicted octanol–water partition coefficient (Wildman–Crippen LogP) is -0.146. The molecule has 2 rings (SSSR count). The van der Waals surface area contributed by atoms with Gasteiger partial charge in [-0.05, 0) is 0 Å². The summed E-state index contributed by atoms with van der Waals surface area (Å²) in [6.45, 7) is 1.10. The zero-order valence-corrected chi connectivity index (χ0v) is 10.6. The fourth-order valence-electron chi connectivity index (χ4n) is 1.66. The van der Waals surface area contributed by atoms with Crippen molar-refractivity contribution in [1.29, 1.82) is 0 Å². The molecule has 0 aromatic carbocycles. The number of aromatic nitrogens is 5. The first kappa shape index (κ1) is 13.0. The Morgan fingerprint density at radius 1 is 1.67 bits per heavy atom. The summed E-state index contributed by atoms with van der Waals surface area (Å²) in [6.07, 6.45) is 2.97. The summed E-state index contributed by atoms with van der Waals surface area (Å²) in [5.74, 6) is 6.12. The van der Waals surface area contributed by atoms with Crippen LogP contribution in [0.4, 0.5) is 0 Å². The van der Waals surface area contributed by atoms with E-state index in [2.05, 4.69) is 25.7 Å². The van der Waals surface area contributed by atoms with Crippen LogP contribution in [0.5, 0.6) is 0 Å². The largest absolute Gasteiger partial charge is 0.383 e. The van der Waals surface area contributed by atoms with Crippen molar-refractivity contribution >= 4 is 11.6 Å². The molecule has 98 valence electrons. The van der Waals surface area contributed by atoms with Gasteiger partial charge in [0.05, 0.1) is 30.1 Å². The maximum Gasteiger partial charge on any atom is 0.148 e. The second-order valence-corrected chi connectivity index (χ2v) is 3.97. The third kappa shape index (κ3) is 2.51. The van der Waals surface area contributed by atoms with Gasteiger partial charge in [-0.15, -0.1) is 0 Å². The van der Waals surface area contributed by atoms with Crippen LogP contribution in [0.2, 0.25) is 5.02 Å². The van der Waals surface area contributed by atoms with Gasteiger partial charge < -0.3 is 4.74 Å². The SMILES string of the molecule is COCCn1ncc(Cl)c1C(NN)c1ncn[nH]1. The molecular weight excluding hydrogens is 258 g/mol. The molecule has 0 spiro atoms. The highest BCUT2D eigenvalue weighted by atomic mass is 35.5. The summed E-state index contributed by atoms with van der Waals surface area (Å²) in [4.78, 5) is 4.07. The van der Waals surface area contributed by atoms with Gasteiger partial charge in [-0.2, -0.15) is 10.2 Å². The number of rotatable bonds is 6. The van der Waals surface area contributed by atoms with Gasteiger partial charge in [0.2, 0.25) is 0 Å². The Hall–Kier alpha value is -1.48. The molecule has 2 aromatic rings. The minimum atomic E-state index is -0.403. The van der Waals surface area contributed by atoms with Crippen LogP contribution >= 0.6 is 11.6 Å². The van der Waals surface area contributed by atoms with Crippen LogP contribution in [0, 0.1) is 0 Å². The number of nitrogens with one attached hydrogen (secondary N) is 2. The number of hydrogen-bond donors (Lipinski definition) is 3. The Kier molecular flexibility index (Phi) is 4.26. The number of halogens is 1. The van der Waals surface area contributed by atoms with E-state index < -0.39 is 6.04 Å². The molecule has 0 amide bonds. The molecule has 2 aromatic heterocycles. The first-order valence-electron chi connectivity index (χ1n) is 5.29. The van der Waals surface area contributed by atoms with Gasteiger partial charge in [0.1, 0.15) is 18.2 Å². The molecule has 0 saturated heterocycles. The molecule has 18 heavy (non-hydrogen) atoms. The minimum absolute atomic E-state index is 0.403. The molecule has 8 nitrogen and oxygen atoms in total. The maximum atomic E-state index is 6.13. The van der Waals surface area contributed by atoms with Crippen molar-refractivity contribution in [2.45, 2.75) is 12.6 Å². The van der Waals surface area contributed by atoms with Crippen molar-refractivity contribution in [1.82, 2.24) is 30.4 Å². The third-order valence-corrected chi connectivity index (χ3v) is 2.78. The van der Waals surface area contributed by atoms with Gasteiger partial charge >= 0.3 is 0 Å². The van der Waals surface area contributed by atoms with Gasteiger partial charge in [-0.1, -0.05) is 11.6 Å². The van der Waals surface area contributed by atoms with E-state index in [1.165, 1.54) is 6.33 Å². The minimum Gasteiger partial charge on any atom is -0.383 e. The highest BCUT2D eigenvalue weighted by Crippen LogP contribution is 2.25. The number of nitrogens with zero attached hydrogens (tertiary/aromatic N) is 4. The molecule has 4 N–H and O–H groups in total. The Morgan fingerprint density at radius 2 is 2.50 bits per heavy atom. The normalized spacial score (nSPS) is 12.8. The molecule has 0 aliphatic carbocycles. The molecule has 0 saturated carbocycles. The van der Waals surface area contributed by atoms with E-state index in [0.29, 0.717) is 29.7 Å². The van der Waals surface area contributed by atoms with E-state index in [4.69, 9.17) is 22.2 Å². The van der Waals surface area contributed by atoms with Gasteiger partial charge in [-0.25, -0.2) is 10.4 Å². The Morgan fingerprint density at radius 3 is 3.11 bits per heavy atom. The average Bonchev–Trinajstić information content (AvgIpc) is 3.00. The summed E-state index contributed by atoms with van der Waals surface area (Å²) in [7, 11) is 1.62. The Balaban J connectivity index is 2.32. The molecule has 0 bridgehead atoms. The van der Waals surface area contributed by atoms with Gasteiger partial charge in [0.25, 0.3) is 0 Å². The number of methoxy groups -OCH3 is 1. The first-order chi connectivity index (χ1) is 8.77. The monoisotopic (exact) mass is 271 g/mol. The number of hydrazine groups is 1. The third-order valence-electron chi connectivity index (χ3n) is 2.49. The quantitative estimate of drug-likeness (QED) is 0.498. The topological polar surface area (TPSA) is 107 Å². The number of H-pyrrole nitrogens is 1. The van der Waals surface area contributed by atoms with Crippen molar-refractivity contribution in [2.75, 3.05) is 13.7 Å². The van der Waals surface area contributed by atoms with E-state index >= 15 is 0 Å². The first-order valence-corrected chi connectivity index (χ1v) is 5.67. The van der Waals surface area contributed by atoms with Crippen molar-refractivity contribution in [2.24, 2.45) is 5.84 Å². The van der Waals surface area contributed by atoms with Crippen molar-refractivity contribution in [3.8, 4) is 0 Å². The fraction of sp³-hybridized carbons (Fsp3) is 0.444. The summed E-state index contributed by atoms with van der Waals surface area (Å²) < 4.78 is 6.74. The molecule has 0 aliphatic heterocycles. The van der Waals surface area contributed by atoms with E-state index in [9.17, 15) is 0 Å². The lowest BCUT2D eigenvalue weighted by Crippen LogP contribution is -2.32. The van der Waals surface area contributed by atoms with Gasteiger partial charge in [-0.3, -0.25) is 15.6 Å². The lowest BCUT2D eigenvalue weighted by atomic mass is 10.2. The number of hydrogen-bond acceptors (Lipinski definition) is 6. The molecule has 0 fully saturated rings. The van der Waals surface area contributed by atoms with Gasteiger partial charge in [0.15, 0.2) is 0 Å². The van der Waals surface area contributed by atoms with Crippen LogP contribution in [0.1, 0.15) is 17.6 Å². The average molecular weight is 272 g/mol. The summed E-state index contributed by atoms with van der Waals surface area (Å²) in [5.41, 5.74) is 3.36. The zero-order chi connectivity index (χ0) is 13.0. The summed E-state index contributed by atoms with van der Waals surface area (Å²) >= 11 is 6.13. The number of nitrogens with two attached hydrogens (primary N) is 1.